The Balaban J connectivity index is 0.00000210. The van der Waals surface area contributed by atoms with Crippen molar-refractivity contribution >= 4 is 41.5 Å². The number of nitrogens with zero attached hydrogens (tertiary/aromatic N) is 1. The molecule has 1 amide bonds. The normalized spacial score (nSPS) is 17.6. The topological polar surface area (TPSA) is 44.4 Å². The molecule has 0 saturated carbocycles. The minimum absolute atomic E-state index is 0. The summed E-state index contributed by atoms with van der Waals surface area (Å²) in [5.41, 5.74) is 2.39. The lowest BCUT2D eigenvalue weighted by Crippen LogP contribution is -2.31. The average Bonchev–Trinajstić information content (AvgIpc) is 3.18. The van der Waals surface area contributed by atoms with Crippen LogP contribution in [0.3, 0.4) is 0 Å². The minimum atomic E-state index is 0. The maximum atomic E-state index is 12.3. The number of carbonyl (C=O) groups excluding carboxylic acids is 1. The molecule has 4 rings (SSSR count). The second kappa shape index (κ2) is 9.49. The van der Waals surface area contributed by atoms with Gasteiger partial charge in [-0.3, -0.25) is 4.79 Å². The van der Waals surface area contributed by atoms with Gasteiger partial charge in [0.25, 0.3) is 0 Å². The second-order valence-corrected chi connectivity index (χ2v) is 8.02. The van der Waals surface area contributed by atoms with Crippen molar-refractivity contribution in [1.82, 2.24) is 10.6 Å². The number of anilines is 2. The number of nitrogens with one attached hydrogen (secondary N) is 2. The Morgan fingerprint density at radius 3 is 2.41 bits per heavy atom. The fourth-order valence-corrected chi connectivity index (χ4v) is 4.80. The van der Waals surface area contributed by atoms with Gasteiger partial charge in [0.1, 0.15) is 0 Å². The predicted octanol–water partition coefficient (Wildman–Crippen LogP) is 4.22. The van der Waals surface area contributed by atoms with E-state index in [0.717, 1.165) is 26.1 Å². The molecule has 1 atom stereocenters. The number of amides is 1. The second-order valence-electron chi connectivity index (χ2n) is 6.94. The largest absolute Gasteiger partial charge is 0.356 e. The van der Waals surface area contributed by atoms with E-state index in [1.54, 1.807) is 11.8 Å². The van der Waals surface area contributed by atoms with Crippen molar-refractivity contribution in [1.29, 1.82) is 0 Å². The Morgan fingerprint density at radius 2 is 1.78 bits per heavy atom. The van der Waals surface area contributed by atoms with E-state index < -0.39 is 0 Å². The van der Waals surface area contributed by atoms with Crippen LogP contribution in [0.15, 0.2) is 58.3 Å². The number of hydrogen-bond acceptors (Lipinski definition) is 4. The summed E-state index contributed by atoms with van der Waals surface area (Å²) in [7, 11) is 0. The standard InChI is InChI=1S/C21H25N3OS.ClH/c25-21(23-13-10-16-9-12-22-15-16)11-14-24-17-5-1-3-7-19(17)26-20-8-4-2-6-18(20)24;/h1-8,16,22H,9-15H2,(H,23,25);1H. The highest BCUT2D eigenvalue weighted by molar-refractivity contribution is 7.99. The first kappa shape index (κ1) is 20.1. The van der Waals surface area contributed by atoms with E-state index in [-0.39, 0.29) is 18.3 Å². The summed E-state index contributed by atoms with van der Waals surface area (Å²) < 4.78 is 0. The number of hydrogen-bond donors (Lipinski definition) is 2. The molecule has 6 heteroatoms. The Morgan fingerprint density at radius 1 is 1.11 bits per heavy atom. The lowest BCUT2D eigenvalue weighted by atomic mass is 10.1. The first-order valence-corrected chi connectivity index (χ1v) is 10.2. The molecule has 2 aliphatic rings. The number of fused-ring (bicyclic) bond motifs is 2. The van der Waals surface area contributed by atoms with Gasteiger partial charge in [-0.1, -0.05) is 36.0 Å². The summed E-state index contributed by atoms with van der Waals surface area (Å²) in [5.74, 6) is 0.859. The molecular formula is C21H26ClN3OS. The van der Waals surface area contributed by atoms with Crippen LogP contribution in [-0.4, -0.2) is 32.1 Å². The third-order valence-electron chi connectivity index (χ3n) is 5.13. The number of rotatable bonds is 6. The quantitative estimate of drug-likeness (QED) is 0.758. The minimum Gasteiger partial charge on any atom is -0.356 e. The highest BCUT2D eigenvalue weighted by atomic mass is 35.5. The van der Waals surface area contributed by atoms with Gasteiger partial charge in [0.2, 0.25) is 5.91 Å². The lowest BCUT2D eigenvalue weighted by Gasteiger charge is -2.32. The van der Waals surface area contributed by atoms with Crippen molar-refractivity contribution < 1.29 is 4.79 Å². The van der Waals surface area contributed by atoms with Gasteiger partial charge in [0, 0.05) is 29.3 Å². The molecule has 0 aliphatic carbocycles. The van der Waals surface area contributed by atoms with Crippen molar-refractivity contribution in [2.75, 3.05) is 31.1 Å². The van der Waals surface area contributed by atoms with Crippen molar-refractivity contribution in [2.45, 2.75) is 29.1 Å². The zero-order valence-corrected chi connectivity index (χ0v) is 17.0. The molecule has 2 N–H and O–H groups in total. The van der Waals surface area contributed by atoms with Crippen molar-refractivity contribution in [3.63, 3.8) is 0 Å². The van der Waals surface area contributed by atoms with Gasteiger partial charge in [-0.25, -0.2) is 0 Å². The van der Waals surface area contributed by atoms with Crippen LogP contribution < -0.4 is 15.5 Å². The zero-order valence-electron chi connectivity index (χ0n) is 15.3. The van der Waals surface area contributed by atoms with Crippen molar-refractivity contribution in [3.8, 4) is 0 Å². The number of benzene rings is 2. The molecule has 0 aromatic heterocycles. The van der Waals surface area contributed by atoms with E-state index in [2.05, 4.69) is 64.1 Å². The molecule has 27 heavy (non-hydrogen) atoms. The first-order valence-electron chi connectivity index (χ1n) is 9.42. The van der Waals surface area contributed by atoms with Crippen molar-refractivity contribution in [3.05, 3.63) is 48.5 Å². The predicted molar refractivity (Wildman–Crippen MR) is 114 cm³/mol. The third kappa shape index (κ3) is 4.78. The molecule has 2 aliphatic heterocycles. The highest BCUT2D eigenvalue weighted by Crippen LogP contribution is 2.47. The van der Waals surface area contributed by atoms with E-state index in [1.165, 1.54) is 27.6 Å². The molecule has 1 unspecified atom stereocenters. The maximum absolute atomic E-state index is 12.3. The zero-order chi connectivity index (χ0) is 17.8. The average molecular weight is 404 g/mol. The molecule has 1 fully saturated rings. The third-order valence-corrected chi connectivity index (χ3v) is 6.26. The number of halogens is 1. The van der Waals surface area contributed by atoms with Crippen LogP contribution >= 0.6 is 24.2 Å². The smallest absolute Gasteiger partial charge is 0.221 e. The first-order chi connectivity index (χ1) is 12.8. The lowest BCUT2D eigenvalue weighted by molar-refractivity contribution is -0.120. The van der Waals surface area contributed by atoms with Gasteiger partial charge in [-0.15, -0.1) is 12.4 Å². The molecule has 0 bridgehead atoms. The van der Waals surface area contributed by atoms with Gasteiger partial charge in [-0.2, -0.15) is 0 Å². The van der Waals surface area contributed by atoms with E-state index in [4.69, 9.17) is 0 Å². The molecule has 0 spiro atoms. The Hall–Kier alpha value is -1.69. The van der Waals surface area contributed by atoms with E-state index in [0.29, 0.717) is 18.9 Å². The number of para-hydroxylation sites is 2. The van der Waals surface area contributed by atoms with Crippen LogP contribution in [0.25, 0.3) is 0 Å². The summed E-state index contributed by atoms with van der Waals surface area (Å²) in [4.78, 5) is 17.1. The summed E-state index contributed by atoms with van der Waals surface area (Å²) in [5, 5.41) is 6.47. The van der Waals surface area contributed by atoms with Crippen LogP contribution in [0.1, 0.15) is 19.3 Å². The maximum Gasteiger partial charge on any atom is 0.221 e. The Kier molecular flexibility index (Phi) is 7.05. The summed E-state index contributed by atoms with van der Waals surface area (Å²) in [6.07, 6.45) is 2.82. The van der Waals surface area contributed by atoms with Crippen LogP contribution in [0.5, 0.6) is 0 Å². The van der Waals surface area contributed by atoms with Crippen LogP contribution in [0.2, 0.25) is 0 Å². The van der Waals surface area contributed by atoms with Gasteiger partial charge >= 0.3 is 0 Å². The van der Waals surface area contributed by atoms with Gasteiger partial charge in [0.15, 0.2) is 0 Å². The Bertz CT molecular complexity index is 734. The van der Waals surface area contributed by atoms with Gasteiger partial charge in [-0.05, 0) is 56.1 Å². The van der Waals surface area contributed by atoms with Crippen molar-refractivity contribution in [2.24, 2.45) is 5.92 Å². The highest BCUT2D eigenvalue weighted by Gasteiger charge is 2.23. The van der Waals surface area contributed by atoms with Gasteiger partial charge < -0.3 is 15.5 Å². The SMILES string of the molecule is Cl.O=C(CCN1c2ccccc2Sc2ccccc21)NCCC1CCNC1. The molecule has 144 valence electrons. The van der Waals surface area contributed by atoms with E-state index in [9.17, 15) is 4.79 Å². The van der Waals surface area contributed by atoms with Gasteiger partial charge in [0.05, 0.1) is 11.4 Å². The van der Waals surface area contributed by atoms with Crippen LogP contribution in [0.4, 0.5) is 11.4 Å². The fraction of sp³-hybridized carbons (Fsp3) is 0.381. The van der Waals surface area contributed by atoms with Crippen LogP contribution in [0, 0.1) is 5.92 Å². The Labute approximate surface area is 171 Å². The molecule has 2 aromatic rings. The monoisotopic (exact) mass is 403 g/mol. The summed E-state index contributed by atoms with van der Waals surface area (Å²) >= 11 is 1.80. The summed E-state index contributed by atoms with van der Waals surface area (Å²) in [6.45, 7) is 3.69. The molecule has 2 heterocycles. The molecule has 0 radical (unpaired) electrons. The fourth-order valence-electron chi connectivity index (χ4n) is 3.70. The van der Waals surface area contributed by atoms with Crippen LogP contribution in [-0.2, 0) is 4.79 Å². The molecular weight excluding hydrogens is 378 g/mol. The van der Waals surface area contributed by atoms with E-state index in [1.807, 2.05) is 0 Å². The molecule has 1 saturated heterocycles. The summed E-state index contributed by atoms with van der Waals surface area (Å²) in [6, 6.07) is 16.9. The van der Waals surface area contributed by atoms with E-state index >= 15 is 0 Å². The number of carbonyl (C=O) groups is 1. The molecule has 2 aromatic carbocycles. The molecule has 4 nitrogen and oxygen atoms in total.